The van der Waals surface area contributed by atoms with Crippen LogP contribution in [0.5, 0.6) is 5.88 Å². The number of hydrogen-bond donors (Lipinski definition) is 2. The summed E-state index contributed by atoms with van der Waals surface area (Å²) in [6, 6.07) is 22.9. The number of nitrogen functional groups attached to an aromatic ring is 1. The topological polar surface area (TPSA) is 174 Å². The first-order valence-corrected chi connectivity index (χ1v) is 23.8. The first-order valence-electron chi connectivity index (χ1n) is 22.6. The number of rotatable bonds is 14. The van der Waals surface area contributed by atoms with Crippen LogP contribution in [-0.2, 0) is 9.59 Å². The van der Waals surface area contributed by atoms with Crippen molar-refractivity contribution in [2.24, 2.45) is 16.8 Å². The number of aromatic nitrogens is 1. The predicted molar refractivity (Wildman–Crippen MR) is 256 cm³/mol. The van der Waals surface area contributed by atoms with Gasteiger partial charge in [0.2, 0.25) is 11.8 Å². The third-order valence-corrected chi connectivity index (χ3v) is 14.4. The van der Waals surface area contributed by atoms with Gasteiger partial charge in [0.05, 0.1) is 46.8 Å². The molecule has 2 fully saturated rings. The van der Waals surface area contributed by atoms with Crippen LogP contribution in [0.3, 0.4) is 0 Å². The second kappa shape index (κ2) is 20.6. The van der Waals surface area contributed by atoms with Crippen molar-refractivity contribution in [1.29, 1.82) is 10.5 Å². The molecule has 12 nitrogen and oxygen atoms in total. The molecule has 8 rings (SSSR count). The number of fused-ring (bicyclic) bond motifs is 1. The summed E-state index contributed by atoms with van der Waals surface area (Å²) in [5.41, 5.74) is 9.99. The molecular weight excluding hydrogens is 894 g/mol. The number of carbonyl (C=O) groups excluding carboxylic acids is 2. The van der Waals surface area contributed by atoms with Gasteiger partial charge in [-0.3, -0.25) is 14.6 Å². The standard InChI is InChI=1S/C51H51ClF2N8O4S/c1-29(2)44(51(64)62-21-6-9-41(62)50(63)59-30(3)32-10-12-33(13-11-32)35-8-5-4-7-34(35)26-55)42-25-43(60-66-42)65-28-31-18-22-61(23-19-31)24-20-58-40-17-15-38(52)46(47(40)54)36-14-16-39(53)48-45(36)37(27-56)49(57)67-48/h4-5,7-8,10-16,25,29-31,41,44H,6,9,17-24,28,57H2,1-3H3,(H,59,63). The van der Waals surface area contributed by atoms with E-state index in [0.717, 1.165) is 54.0 Å². The number of nitrogens with two attached hydrogens (primary N) is 1. The fourth-order valence-corrected chi connectivity index (χ4v) is 10.5. The van der Waals surface area contributed by atoms with Crippen LogP contribution in [0.25, 0.3) is 26.8 Å². The van der Waals surface area contributed by atoms with Gasteiger partial charge in [-0.2, -0.15) is 10.5 Å². The molecule has 2 saturated heterocycles. The minimum atomic E-state index is -0.654. The number of halogens is 3. The molecule has 67 heavy (non-hydrogen) atoms. The number of ether oxygens (including phenoxy) is 1. The SMILES string of the molecule is CC(NC(=O)C1CCCN1C(=O)C(c1cc(OCC2CCN(CCN=C3CC=C(Cl)C(c4ccc(F)c5sc(N)c(C#N)c45)=C3F)CC2)no1)C(C)C)c1ccc(-c2ccccc2C#N)cc1. The van der Waals surface area contributed by atoms with Crippen molar-refractivity contribution < 1.29 is 27.6 Å². The van der Waals surface area contributed by atoms with E-state index < -0.39 is 23.6 Å². The predicted octanol–water partition coefficient (Wildman–Crippen LogP) is 10.1. The molecule has 0 spiro atoms. The van der Waals surface area contributed by atoms with Crippen LogP contribution in [0, 0.1) is 40.3 Å². The van der Waals surface area contributed by atoms with Gasteiger partial charge in [0.1, 0.15) is 28.8 Å². The Balaban J connectivity index is 0.820. The largest absolute Gasteiger partial charge is 0.475 e. The minimum Gasteiger partial charge on any atom is -0.475 e. The van der Waals surface area contributed by atoms with E-state index in [4.69, 9.17) is 26.6 Å². The first kappa shape index (κ1) is 47.1. The lowest BCUT2D eigenvalue weighted by Gasteiger charge is -2.31. The monoisotopic (exact) mass is 944 g/mol. The summed E-state index contributed by atoms with van der Waals surface area (Å²) >= 11 is 7.47. The van der Waals surface area contributed by atoms with Crippen molar-refractivity contribution in [2.45, 2.75) is 70.9 Å². The van der Waals surface area contributed by atoms with E-state index in [1.807, 2.05) is 69.3 Å². The molecule has 4 heterocycles. The molecule has 3 aliphatic rings. The van der Waals surface area contributed by atoms with Gasteiger partial charge in [0.25, 0.3) is 5.88 Å². The number of amides is 2. The van der Waals surface area contributed by atoms with Crippen LogP contribution >= 0.6 is 22.9 Å². The fourth-order valence-electron chi connectivity index (χ4n) is 9.30. The van der Waals surface area contributed by atoms with E-state index in [1.165, 1.54) is 12.1 Å². The summed E-state index contributed by atoms with van der Waals surface area (Å²) in [5, 5.41) is 27.1. The van der Waals surface area contributed by atoms with Crippen LogP contribution in [0.4, 0.5) is 13.8 Å². The number of nitrogens with zero attached hydrogens (tertiary/aromatic N) is 6. The lowest BCUT2D eigenvalue weighted by Crippen LogP contribution is -2.48. The molecule has 2 amide bonds. The van der Waals surface area contributed by atoms with E-state index in [1.54, 1.807) is 23.1 Å². The number of hydrogen-bond acceptors (Lipinski definition) is 11. The van der Waals surface area contributed by atoms with Crippen LogP contribution in [0.2, 0.25) is 0 Å². The molecule has 2 aromatic heterocycles. The lowest BCUT2D eigenvalue weighted by molar-refractivity contribution is -0.141. The maximum Gasteiger partial charge on any atom is 0.254 e. The second-order valence-corrected chi connectivity index (χ2v) is 19.1. The van der Waals surface area contributed by atoms with Crippen LogP contribution in [-0.4, -0.2) is 77.9 Å². The highest BCUT2D eigenvalue weighted by Gasteiger charge is 2.41. The molecule has 1 aliphatic carbocycles. The Bertz CT molecular complexity index is 2850. The lowest BCUT2D eigenvalue weighted by atomic mass is 9.91. The Labute approximate surface area is 397 Å². The third-order valence-electron chi connectivity index (χ3n) is 13.0. The highest BCUT2D eigenvalue weighted by atomic mass is 35.5. The van der Waals surface area contributed by atoms with Crippen molar-refractivity contribution in [3.05, 3.63) is 117 Å². The van der Waals surface area contributed by atoms with Crippen LogP contribution in [0.1, 0.15) is 92.8 Å². The van der Waals surface area contributed by atoms with E-state index in [0.29, 0.717) is 61.8 Å². The molecular formula is C51H51ClF2N8O4S. The Morgan fingerprint density at radius 3 is 2.52 bits per heavy atom. The van der Waals surface area contributed by atoms with Crippen molar-refractivity contribution in [1.82, 2.24) is 20.3 Å². The fraction of sp³-hybridized carbons (Fsp3) is 0.373. The van der Waals surface area contributed by atoms with Gasteiger partial charge in [0.15, 0.2) is 11.6 Å². The molecule has 16 heteroatoms. The highest BCUT2D eigenvalue weighted by molar-refractivity contribution is 7.23. The molecule has 3 N–H and O–H groups in total. The summed E-state index contributed by atoms with van der Waals surface area (Å²) in [6.07, 6.45) is 4.89. The number of benzene rings is 3. The number of nitriles is 2. The number of likely N-dealkylation sites (tertiary alicyclic amines) is 2. The molecule has 3 aromatic carbocycles. The Kier molecular flexibility index (Phi) is 14.5. The van der Waals surface area contributed by atoms with Crippen molar-refractivity contribution >= 4 is 61.1 Å². The summed E-state index contributed by atoms with van der Waals surface area (Å²) in [6.45, 7) is 9.31. The van der Waals surface area contributed by atoms with E-state index in [9.17, 15) is 24.5 Å². The maximum absolute atomic E-state index is 16.1. The summed E-state index contributed by atoms with van der Waals surface area (Å²) in [5.74, 6) is -1.36. The van der Waals surface area contributed by atoms with Crippen LogP contribution in [0.15, 0.2) is 93.2 Å². The quantitative estimate of drug-likeness (QED) is 0.110. The Morgan fingerprint density at radius 1 is 1.03 bits per heavy atom. The van der Waals surface area contributed by atoms with Gasteiger partial charge in [-0.15, -0.1) is 11.3 Å². The normalized spacial score (nSPS) is 18.5. The molecule has 3 atom stereocenters. The zero-order valence-electron chi connectivity index (χ0n) is 37.5. The third kappa shape index (κ3) is 10.0. The average molecular weight is 946 g/mol. The number of aliphatic imine (C=N–C) groups is 1. The van der Waals surface area contributed by atoms with Gasteiger partial charge in [-0.05, 0) is 97.1 Å². The molecule has 0 bridgehead atoms. The van der Waals surface area contributed by atoms with Crippen molar-refractivity contribution in [2.75, 3.05) is 45.1 Å². The summed E-state index contributed by atoms with van der Waals surface area (Å²) < 4.78 is 42.8. The van der Waals surface area contributed by atoms with Crippen LogP contribution < -0.4 is 15.8 Å². The van der Waals surface area contributed by atoms with Crippen molar-refractivity contribution in [3.63, 3.8) is 0 Å². The number of carbonyl (C=O) groups is 2. The minimum absolute atomic E-state index is 0.0732. The maximum atomic E-state index is 16.1. The number of anilines is 1. The Hall–Kier alpha value is -6.39. The van der Waals surface area contributed by atoms with E-state index in [2.05, 4.69) is 26.4 Å². The summed E-state index contributed by atoms with van der Waals surface area (Å²) in [4.78, 5) is 36.5. The summed E-state index contributed by atoms with van der Waals surface area (Å²) in [7, 11) is 0. The van der Waals surface area contributed by atoms with E-state index in [-0.39, 0.29) is 73.1 Å². The number of nitrogens with one attached hydrogen (secondary N) is 1. The smallest absolute Gasteiger partial charge is 0.254 e. The van der Waals surface area contributed by atoms with Gasteiger partial charge < -0.3 is 30.1 Å². The number of thiophene rings is 1. The number of allylic oxidation sites excluding steroid dienone is 4. The molecule has 5 aromatic rings. The molecule has 346 valence electrons. The zero-order chi connectivity index (χ0) is 47.4. The molecule has 0 saturated carbocycles. The Morgan fingerprint density at radius 2 is 1.79 bits per heavy atom. The average Bonchev–Trinajstić information content (AvgIpc) is 4.10. The van der Waals surface area contributed by atoms with Gasteiger partial charge in [0, 0.05) is 41.6 Å². The van der Waals surface area contributed by atoms with Gasteiger partial charge in [-0.25, -0.2) is 8.78 Å². The molecule has 0 radical (unpaired) electrons. The zero-order valence-corrected chi connectivity index (χ0v) is 39.1. The highest BCUT2D eigenvalue weighted by Crippen LogP contribution is 2.44. The second-order valence-electron chi connectivity index (χ2n) is 17.6. The van der Waals surface area contributed by atoms with Gasteiger partial charge >= 0.3 is 0 Å². The van der Waals surface area contributed by atoms with E-state index >= 15 is 4.39 Å². The molecule has 2 aliphatic heterocycles. The van der Waals surface area contributed by atoms with Gasteiger partial charge in [-0.1, -0.05) is 80.1 Å². The van der Waals surface area contributed by atoms with Crippen molar-refractivity contribution in [3.8, 4) is 29.1 Å². The first-order chi connectivity index (χ1) is 32.4. The molecule has 3 unspecified atom stereocenters. The number of piperidine rings is 1.